The number of halogens is 1. The average molecular weight is 356 g/mol. The van der Waals surface area contributed by atoms with E-state index in [1.807, 2.05) is 19.2 Å². The number of aliphatic hydroxyl groups is 3. The Kier molecular flexibility index (Phi) is 7.58. The molecular weight excluding hydrogens is 334 g/mol. The molecule has 4 atom stereocenters. The number of rotatable bonds is 8. The lowest BCUT2D eigenvalue weighted by molar-refractivity contribution is -0.174. The van der Waals surface area contributed by atoms with Crippen LogP contribution in [0.25, 0.3) is 0 Å². The number of alkyl halides is 1. The third-order valence-electron chi connectivity index (χ3n) is 3.19. The number of hydrogen-bond acceptors (Lipinski definition) is 8. The fourth-order valence-electron chi connectivity index (χ4n) is 1.99. The van der Waals surface area contributed by atoms with Crippen LogP contribution >= 0.6 is 11.6 Å². The summed E-state index contributed by atoms with van der Waals surface area (Å²) in [6.07, 6.45) is -4.26. The van der Waals surface area contributed by atoms with Crippen molar-refractivity contribution >= 4 is 17.6 Å². The Bertz CT molecular complexity index is 414. The fourth-order valence-corrected chi connectivity index (χ4v) is 2.15. The lowest BCUT2D eigenvalue weighted by atomic mass is 10.0. The number of carbonyl (C=O) groups is 1. The number of nitroso groups, excluding NO2 is 1. The van der Waals surface area contributed by atoms with E-state index in [0.29, 0.717) is 5.01 Å². The minimum atomic E-state index is -2.34. The van der Waals surface area contributed by atoms with E-state index < -0.39 is 36.9 Å². The molecule has 1 fully saturated rings. The molecule has 0 aromatic heterocycles. The van der Waals surface area contributed by atoms with Gasteiger partial charge in [0.05, 0.1) is 25.0 Å². The highest BCUT2D eigenvalue weighted by atomic mass is 35.5. The topological polar surface area (TPSA) is 141 Å². The summed E-state index contributed by atoms with van der Waals surface area (Å²) >= 11 is 5.43. The molecule has 0 unspecified atom stereocenters. The zero-order valence-electron chi connectivity index (χ0n) is 12.9. The van der Waals surface area contributed by atoms with Crippen molar-refractivity contribution in [1.82, 2.24) is 10.3 Å². The van der Waals surface area contributed by atoms with Crippen molar-refractivity contribution in [2.75, 3.05) is 25.6 Å². The van der Waals surface area contributed by atoms with Gasteiger partial charge in [0.15, 0.2) is 18.1 Å². The molecule has 1 saturated heterocycles. The van der Waals surface area contributed by atoms with E-state index in [2.05, 4.69) is 5.29 Å². The number of hydrogen-bond donors (Lipinski definition) is 4. The maximum atomic E-state index is 11.9. The van der Waals surface area contributed by atoms with Gasteiger partial charge in [0.1, 0.15) is 6.10 Å². The Morgan fingerprint density at radius 2 is 2.22 bits per heavy atom. The molecule has 11 heteroatoms. The number of nitrogens with one attached hydrogen (secondary N) is 1. The second kappa shape index (κ2) is 8.71. The molecule has 10 nitrogen and oxygen atoms in total. The maximum Gasteiger partial charge on any atom is 0.342 e. The fraction of sp³-hybridized carbons (Fsp3) is 0.917. The van der Waals surface area contributed by atoms with E-state index >= 15 is 0 Å². The molecule has 23 heavy (non-hydrogen) atoms. The standard InChI is InChI=1S/C12H22ClN3O7/c1-7(2)6-22-10-9(18)12(20,8(5-17)23-10)14-11(19)16(15-21)4-3-13/h7-10,17-18,20H,3-6H2,1-2H3,(H,14,19)/t8-,9+,10+,12-/m1/s1. The molecule has 1 aliphatic rings. The van der Waals surface area contributed by atoms with Gasteiger partial charge in [-0.3, -0.25) is 0 Å². The van der Waals surface area contributed by atoms with Gasteiger partial charge in [0, 0.05) is 5.88 Å². The lowest BCUT2D eigenvalue weighted by Gasteiger charge is -2.31. The zero-order chi connectivity index (χ0) is 17.6. The second-order valence-electron chi connectivity index (χ2n) is 5.50. The summed E-state index contributed by atoms with van der Waals surface area (Å²) in [6.45, 7) is 3.09. The minimum Gasteiger partial charge on any atom is -0.393 e. The van der Waals surface area contributed by atoms with Crippen molar-refractivity contribution in [2.24, 2.45) is 11.2 Å². The van der Waals surface area contributed by atoms with Crippen LogP contribution in [0.4, 0.5) is 4.79 Å². The first-order valence-electron chi connectivity index (χ1n) is 7.07. The summed E-state index contributed by atoms with van der Waals surface area (Å²) in [5.74, 6) is 0.0837. The third-order valence-corrected chi connectivity index (χ3v) is 3.36. The molecule has 0 aromatic rings. The van der Waals surface area contributed by atoms with Crippen molar-refractivity contribution in [3.8, 4) is 0 Å². The van der Waals surface area contributed by atoms with Crippen molar-refractivity contribution in [2.45, 2.75) is 38.1 Å². The van der Waals surface area contributed by atoms with Crippen LogP contribution in [0.5, 0.6) is 0 Å². The molecule has 1 aliphatic heterocycles. The van der Waals surface area contributed by atoms with Gasteiger partial charge in [0.2, 0.25) is 0 Å². The van der Waals surface area contributed by atoms with Crippen LogP contribution in [-0.4, -0.2) is 76.2 Å². The van der Waals surface area contributed by atoms with Gasteiger partial charge >= 0.3 is 6.03 Å². The van der Waals surface area contributed by atoms with Crippen LogP contribution in [0, 0.1) is 10.8 Å². The number of aliphatic hydroxyl groups excluding tert-OH is 2. The number of urea groups is 1. The molecule has 1 heterocycles. The van der Waals surface area contributed by atoms with E-state index in [4.69, 9.17) is 21.1 Å². The highest BCUT2D eigenvalue weighted by molar-refractivity contribution is 6.18. The van der Waals surface area contributed by atoms with Gasteiger partial charge in [-0.2, -0.15) is 5.01 Å². The van der Waals surface area contributed by atoms with Crippen molar-refractivity contribution in [3.05, 3.63) is 4.91 Å². The van der Waals surface area contributed by atoms with Gasteiger partial charge in [-0.1, -0.05) is 13.8 Å². The van der Waals surface area contributed by atoms with Crippen LogP contribution in [0.3, 0.4) is 0 Å². The molecule has 0 saturated carbocycles. The zero-order valence-corrected chi connectivity index (χ0v) is 13.6. The largest absolute Gasteiger partial charge is 0.393 e. The molecule has 0 spiro atoms. The van der Waals surface area contributed by atoms with E-state index in [1.165, 1.54) is 0 Å². The van der Waals surface area contributed by atoms with Gasteiger partial charge in [-0.05, 0) is 5.92 Å². The Morgan fingerprint density at radius 3 is 2.70 bits per heavy atom. The summed E-state index contributed by atoms with van der Waals surface area (Å²) in [5.41, 5.74) is -2.34. The predicted octanol–water partition coefficient (Wildman–Crippen LogP) is -0.643. The first-order valence-corrected chi connectivity index (χ1v) is 7.60. The number of nitrogens with zero attached hydrogens (tertiary/aromatic N) is 2. The van der Waals surface area contributed by atoms with Crippen LogP contribution in [-0.2, 0) is 9.47 Å². The quantitative estimate of drug-likeness (QED) is 0.196. The van der Waals surface area contributed by atoms with Gasteiger partial charge in [-0.25, -0.2) is 4.79 Å². The first kappa shape index (κ1) is 20.0. The van der Waals surface area contributed by atoms with Gasteiger partial charge in [0.25, 0.3) is 0 Å². The summed E-state index contributed by atoms with van der Waals surface area (Å²) in [4.78, 5) is 22.5. The van der Waals surface area contributed by atoms with E-state index in [0.717, 1.165) is 0 Å². The van der Waals surface area contributed by atoms with Crippen molar-refractivity contribution in [1.29, 1.82) is 0 Å². The summed E-state index contributed by atoms with van der Waals surface area (Å²) < 4.78 is 10.5. The molecule has 0 aliphatic carbocycles. The maximum absolute atomic E-state index is 11.9. The summed E-state index contributed by atoms with van der Waals surface area (Å²) in [7, 11) is 0. The first-order chi connectivity index (χ1) is 10.8. The minimum absolute atomic E-state index is 0.0554. The molecule has 1 rings (SSSR count). The number of carbonyl (C=O) groups excluding carboxylic acids is 1. The lowest BCUT2D eigenvalue weighted by Crippen LogP contribution is -2.63. The molecular formula is C12H22ClN3O7. The SMILES string of the molecule is CC(C)CO[C@H]1O[C@H](CO)[C@](O)(NC(=O)N(CCCl)N=O)[C@H]1O. The Hall–Kier alpha value is -1.04. The monoisotopic (exact) mass is 355 g/mol. The Labute approximate surface area is 138 Å². The number of ether oxygens (including phenoxy) is 2. The molecule has 0 radical (unpaired) electrons. The normalized spacial score (nSPS) is 30.5. The smallest absolute Gasteiger partial charge is 0.342 e. The van der Waals surface area contributed by atoms with Crippen LogP contribution in [0.1, 0.15) is 13.8 Å². The second-order valence-corrected chi connectivity index (χ2v) is 5.87. The average Bonchev–Trinajstić information content (AvgIpc) is 2.74. The Balaban J connectivity index is 2.83. The highest BCUT2D eigenvalue weighted by Gasteiger charge is 2.57. The predicted molar refractivity (Wildman–Crippen MR) is 79.2 cm³/mol. The van der Waals surface area contributed by atoms with Gasteiger partial charge in [-0.15, -0.1) is 16.5 Å². The van der Waals surface area contributed by atoms with Crippen LogP contribution in [0.15, 0.2) is 5.29 Å². The van der Waals surface area contributed by atoms with Crippen molar-refractivity contribution < 1.29 is 29.6 Å². The molecule has 4 N–H and O–H groups in total. The van der Waals surface area contributed by atoms with Gasteiger partial charge < -0.3 is 30.1 Å². The molecule has 134 valence electrons. The van der Waals surface area contributed by atoms with E-state index in [9.17, 15) is 25.0 Å². The van der Waals surface area contributed by atoms with Crippen LogP contribution < -0.4 is 5.32 Å². The molecule has 0 aromatic carbocycles. The Morgan fingerprint density at radius 1 is 1.57 bits per heavy atom. The number of amides is 2. The van der Waals surface area contributed by atoms with E-state index in [-0.39, 0.29) is 24.9 Å². The van der Waals surface area contributed by atoms with Crippen molar-refractivity contribution in [3.63, 3.8) is 0 Å². The molecule has 2 amide bonds. The summed E-state index contributed by atoms with van der Waals surface area (Å²) in [5, 5.41) is 34.9. The van der Waals surface area contributed by atoms with E-state index in [1.54, 1.807) is 0 Å². The van der Waals surface area contributed by atoms with Crippen LogP contribution in [0.2, 0.25) is 0 Å². The summed E-state index contributed by atoms with van der Waals surface area (Å²) in [6, 6.07) is -1.09. The molecule has 0 bridgehead atoms. The third kappa shape index (κ3) is 4.72. The highest BCUT2D eigenvalue weighted by Crippen LogP contribution is 2.30.